The molecule has 2 fully saturated rings. The van der Waals surface area contributed by atoms with Gasteiger partial charge >= 0.3 is 0 Å². The lowest BCUT2D eigenvalue weighted by Gasteiger charge is -2.33. The summed E-state index contributed by atoms with van der Waals surface area (Å²) in [7, 11) is 0. The van der Waals surface area contributed by atoms with Gasteiger partial charge in [-0.15, -0.1) is 0 Å². The zero-order valence-electron chi connectivity index (χ0n) is 16.6. The molecule has 2 N–H and O–H groups in total. The van der Waals surface area contributed by atoms with Crippen molar-refractivity contribution in [3.8, 4) is 0 Å². The van der Waals surface area contributed by atoms with Gasteiger partial charge in [-0.2, -0.15) is 0 Å². The molecule has 2 heterocycles. The third-order valence-electron chi connectivity index (χ3n) is 5.10. The van der Waals surface area contributed by atoms with Gasteiger partial charge in [0.1, 0.15) is 0 Å². The van der Waals surface area contributed by atoms with Gasteiger partial charge in [0.2, 0.25) is 5.91 Å². The predicted octanol–water partition coefficient (Wildman–Crippen LogP) is 1.05. The average molecular weight is 368 g/mol. The summed E-state index contributed by atoms with van der Waals surface area (Å²) in [6, 6.07) is 0.387. The minimum Gasteiger partial charge on any atom is -0.379 e. The van der Waals surface area contributed by atoms with Crippen LogP contribution in [0.5, 0.6) is 0 Å². The van der Waals surface area contributed by atoms with Crippen LogP contribution in [0.25, 0.3) is 0 Å². The molecular formula is C19H37N5O2. The van der Waals surface area contributed by atoms with Crippen molar-refractivity contribution in [2.45, 2.75) is 52.0 Å². The lowest BCUT2D eigenvalue weighted by molar-refractivity contribution is -0.134. The van der Waals surface area contributed by atoms with Crippen LogP contribution in [0.3, 0.4) is 0 Å². The fourth-order valence-electron chi connectivity index (χ4n) is 3.55. The van der Waals surface area contributed by atoms with Crippen LogP contribution < -0.4 is 10.6 Å². The van der Waals surface area contributed by atoms with Crippen LogP contribution in [-0.2, 0) is 9.53 Å². The molecule has 26 heavy (non-hydrogen) atoms. The summed E-state index contributed by atoms with van der Waals surface area (Å²) >= 11 is 0. The number of morpholine rings is 1. The number of hydrogen-bond acceptors (Lipinski definition) is 4. The zero-order chi connectivity index (χ0) is 18.6. The summed E-state index contributed by atoms with van der Waals surface area (Å²) in [6.07, 6.45) is 5.08. The predicted molar refractivity (Wildman–Crippen MR) is 106 cm³/mol. The van der Waals surface area contributed by atoms with E-state index in [1.807, 2.05) is 4.90 Å². The molecule has 0 spiro atoms. The van der Waals surface area contributed by atoms with E-state index in [1.165, 1.54) is 6.42 Å². The van der Waals surface area contributed by atoms with Gasteiger partial charge in [0.05, 0.1) is 13.2 Å². The maximum atomic E-state index is 12.4. The summed E-state index contributed by atoms with van der Waals surface area (Å²) in [4.78, 5) is 21.5. The highest BCUT2D eigenvalue weighted by atomic mass is 16.5. The molecule has 2 aliphatic rings. The molecule has 7 heteroatoms. The van der Waals surface area contributed by atoms with Crippen molar-refractivity contribution in [3.05, 3.63) is 0 Å². The normalized spacial score (nSPS) is 22.3. The second-order valence-corrected chi connectivity index (χ2v) is 7.18. The van der Waals surface area contributed by atoms with Crippen molar-refractivity contribution in [2.75, 3.05) is 59.0 Å². The monoisotopic (exact) mass is 367 g/mol. The Kier molecular flexibility index (Phi) is 9.77. The Bertz CT molecular complexity index is 438. The number of likely N-dealkylation sites (tertiary alicyclic amines) is 1. The van der Waals surface area contributed by atoms with Crippen molar-refractivity contribution in [3.63, 3.8) is 0 Å². The quantitative estimate of drug-likeness (QED) is 0.381. The molecule has 0 aromatic heterocycles. The van der Waals surface area contributed by atoms with Gasteiger partial charge in [0.15, 0.2) is 5.96 Å². The van der Waals surface area contributed by atoms with E-state index >= 15 is 0 Å². The van der Waals surface area contributed by atoms with E-state index in [2.05, 4.69) is 34.4 Å². The number of guanidine groups is 1. The molecule has 7 nitrogen and oxygen atoms in total. The van der Waals surface area contributed by atoms with Gasteiger partial charge in [0.25, 0.3) is 0 Å². The van der Waals surface area contributed by atoms with Gasteiger partial charge in [-0.1, -0.05) is 0 Å². The first-order chi connectivity index (χ1) is 12.7. The van der Waals surface area contributed by atoms with Crippen LogP contribution in [0.1, 0.15) is 46.0 Å². The number of ether oxygens (including phenoxy) is 1. The number of carbonyl (C=O) groups excluding carboxylic acids is 1. The average Bonchev–Trinajstić information content (AvgIpc) is 2.66. The number of amides is 1. The van der Waals surface area contributed by atoms with Gasteiger partial charge < -0.3 is 20.3 Å². The lowest BCUT2D eigenvalue weighted by atomic mass is 10.0. The van der Waals surface area contributed by atoms with E-state index < -0.39 is 0 Å². The number of hydrogen-bond donors (Lipinski definition) is 2. The molecule has 1 atom stereocenters. The number of carbonyl (C=O) groups is 1. The fourth-order valence-corrected chi connectivity index (χ4v) is 3.55. The fraction of sp³-hybridized carbons (Fsp3) is 0.895. The van der Waals surface area contributed by atoms with Crippen molar-refractivity contribution < 1.29 is 9.53 Å². The summed E-state index contributed by atoms with van der Waals surface area (Å²) in [5.41, 5.74) is 0. The topological polar surface area (TPSA) is 69.2 Å². The van der Waals surface area contributed by atoms with Crippen LogP contribution in [0.4, 0.5) is 0 Å². The minimum atomic E-state index is 0.257. The Morgan fingerprint density at radius 1 is 1.19 bits per heavy atom. The molecular weight excluding hydrogens is 330 g/mol. The standard InChI is InChI=1S/C19H37N5O2/c1-3-20-19(21-9-6-11-23-13-15-26-16-14-23)22-10-8-18(25)24-12-5-4-7-17(24)2/h17H,3-16H2,1-2H3,(H2,20,21,22). The molecule has 2 aliphatic heterocycles. The van der Waals surface area contributed by atoms with E-state index in [9.17, 15) is 4.79 Å². The van der Waals surface area contributed by atoms with Crippen molar-refractivity contribution >= 4 is 11.9 Å². The molecule has 0 aliphatic carbocycles. The van der Waals surface area contributed by atoms with Crippen LogP contribution in [-0.4, -0.2) is 86.7 Å². The Morgan fingerprint density at radius 2 is 2.00 bits per heavy atom. The van der Waals surface area contributed by atoms with Crippen molar-refractivity contribution in [1.82, 2.24) is 20.4 Å². The first-order valence-electron chi connectivity index (χ1n) is 10.3. The molecule has 1 unspecified atom stereocenters. The molecule has 0 radical (unpaired) electrons. The van der Waals surface area contributed by atoms with Gasteiger partial charge in [-0.3, -0.25) is 14.7 Å². The van der Waals surface area contributed by atoms with E-state index in [0.29, 0.717) is 19.0 Å². The summed E-state index contributed by atoms with van der Waals surface area (Å²) in [5.74, 6) is 1.07. The maximum Gasteiger partial charge on any atom is 0.224 e. The highest BCUT2D eigenvalue weighted by molar-refractivity contribution is 5.81. The van der Waals surface area contributed by atoms with Crippen LogP contribution in [0.15, 0.2) is 4.99 Å². The highest BCUT2D eigenvalue weighted by Gasteiger charge is 2.22. The summed E-state index contributed by atoms with van der Waals surface area (Å²) in [6.45, 7) is 12.2. The zero-order valence-corrected chi connectivity index (χ0v) is 16.6. The molecule has 150 valence electrons. The Balaban J connectivity index is 1.65. The Labute approximate surface area is 158 Å². The third-order valence-corrected chi connectivity index (χ3v) is 5.10. The maximum absolute atomic E-state index is 12.4. The highest BCUT2D eigenvalue weighted by Crippen LogP contribution is 2.16. The van der Waals surface area contributed by atoms with Crippen molar-refractivity contribution in [2.24, 2.45) is 4.99 Å². The van der Waals surface area contributed by atoms with E-state index in [4.69, 9.17) is 4.74 Å². The minimum absolute atomic E-state index is 0.257. The summed E-state index contributed by atoms with van der Waals surface area (Å²) < 4.78 is 5.37. The number of rotatable bonds is 8. The number of piperidine rings is 1. The Hall–Kier alpha value is -1.34. The van der Waals surface area contributed by atoms with E-state index in [1.54, 1.807) is 0 Å². The molecule has 0 bridgehead atoms. The number of nitrogens with zero attached hydrogens (tertiary/aromatic N) is 3. The second kappa shape index (κ2) is 12.1. The van der Waals surface area contributed by atoms with Gasteiger partial charge in [-0.05, 0) is 39.5 Å². The molecule has 2 saturated heterocycles. The number of aliphatic imine (C=N–C) groups is 1. The second-order valence-electron chi connectivity index (χ2n) is 7.18. The molecule has 0 saturated carbocycles. The van der Waals surface area contributed by atoms with Gasteiger partial charge in [0, 0.05) is 58.3 Å². The molecule has 0 aromatic rings. The third kappa shape index (κ3) is 7.50. The molecule has 1 amide bonds. The van der Waals surface area contributed by atoms with Crippen molar-refractivity contribution in [1.29, 1.82) is 0 Å². The summed E-state index contributed by atoms with van der Waals surface area (Å²) in [5, 5.41) is 6.57. The SMILES string of the molecule is CCNC(=NCCCN1CCOCC1)NCCC(=O)N1CCCCC1C. The Morgan fingerprint density at radius 3 is 2.73 bits per heavy atom. The van der Waals surface area contributed by atoms with Crippen LogP contribution >= 0.6 is 0 Å². The smallest absolute Gasteiger partial charge is 0.224 e. The van der Waals surface area contributed by atoms with E-state index in [-0.39, 0.29) is 5.91 Å². The molecule has 2 rings (SSSR count). The number of nitrogens with one attached hydrogen (secondary N) is 2. The molecule has 0 aromatic carbocycles. The van der Waals surface area contributed by atoms with Gasteiger partial charge in [-0.25, -0.2) is 0 Å². The lowest BCUT2D eigenvalue weighted by Crippen LogP contribution is -2.44. The van der Waals surface area contributed by atoms with E-state index in [0.717, 1.165) is 77.7 Å². The van der Waals surface area contributed by atoms with Crippen LogP contribution in [0.2, 0.25) is 0 Å². The first-order valence-corrected chi connectivity index (χ1v) is 10.3. The first kappa shape index (κ1) is 21.0. The van der Waals surface area contributed by atoms with Crippen LogP contribution in [0, 0.1) is 0 Å². The largest absolute Gasteiger partial charge is 0.379 e.